The molecule has 0 radical (unpaired) electrons. The maximum Gasteiger partial charge on any atom is 0.267 e. The van der Waals surface area contributed by atoms with Crippen molar-refractivity contribution < 1.29 is 0 Å². The van der Waals surface area contributed by atoms with E-state index in [4.69, 9.17) is 0 Å². The van der Waals surface area contributed by atoms with Gasteiger partial charge in [0.1, 0.15) is 4.47 Å². The zero-order chi connectivity index (χ0) is 12.8. The number of aromatic nitrogens is 2. The summed E-state index contributed by atoms with van der Waals surface area (Å²) in [6.45, 7) is 1.70. The average Bonchev–Trinajstić information content (AvgIpc) is 2.40. The third-order valence-corrected chi connectivity index (χ3v) is 4.02. The van der Waals surface area contributed by atoms with Crippen LogP contribution in [0.4, 0.5) is 0 Å². The van der Waals surface area contributed by atoms with E-state index in [0.29, 0.717) is 10.5 Å². The molecule has 1 aromatic rings. The molecule has 1 aliphatic rings. The third-order valence-electron chi connectivity index (χ3n) is 3.47. The van der Waals surface area contributed by atoms with Crippen LogP contribution in [0, 0.1) is 0 Å². The van der Waals surface area contributed by atoms with Crippen LogP contribution in [0.25, 0.3) is 0 Å². The van der Waals surface area contributed by atoms with E-state index in [1.807, 2.05) is 0 Å². The normalized spacial score (nSPS) is 16.9. The van der Waals surface area contributed by atoms with Gasteiger partial charge in [-0.3, -0.25) is 9.36 Å². The van der Waals surface area contributed by atoms with E-state index in [-0.39, 0.29) is 5.56 Å². The van der Waals surface area contributed by atoms with Crippen molar-refractivity contribution in [2.45, 2.75) is 51.1 Å². The van der Waals surface area contributed by atoms with E-state index in [1.165, 1.54) is 32.1 Å². The van der Waals surface area contributed by atoms with Crippen molar-refractivity contribution in [3.05, 3.63) is 27.4 Å². The Kier molecular flexibility index (Phi) is 5.38. The van der Waals surface area contributed by atoms with Gasteiger partial charge in [-0.25, -0.2) is 4.98 Å². The number of nitrogens with one attached hydrogen (secondary N) is 1. The van der Waals surface area contributed by atoms with Gasteiger partial charge in [-0.1, -0.05) is 19.3 Å². The van der Waals surface area contributed by atoms with Crippen molar-refractivity contribution in [3.8, 4) is 0 Å². The van der Waals surface area contributed by atoms with Gasteiger partial charge in [-0.15, -0.1) is 0 Å². The molecule has 100 valence electrons. The summed E-state index contributed by atoms with van der Waals surface area (Å²) in [5.74, 6) is 0. The Morgan fingerprint density at radius 1 is 1.39 bits per heavy atom. The van der Waals surface area contributed by atoms with E-state index >= 15 is 0 Å². The van der Waals surface area contributed by atoms with Crippen molar-refractivity contribution in [3.63, 3.8) is 0 Å². The van der Waals surface area contributed by atoms with Crippen molar-refractivity contribution in [2.24, 2.45) is 0 Å². The van der Waals surface area contributed by atoms with Gasteiger partial charge in [0, 0.05) is 18.8 Å². The first kappa shape index (κ1) is 13.7. The van der Waals surface area contributed by atoms with Gasteiger partial charge in [0.15, 0.2) is 0 Å². The van der Waals surface area contributed by atoms with Crippen molar-refractivity contribution in [2.75, 3.05) is 6.54 Å². The zero-order valence-corrected chi connectivity index (χ0v) is 12.2. The monoisotopic (exact) mass is 313 g/mol. The van der Waals surface area contributed by atoms with E-state index < -0.39 is 0 Å². The third kappa shape index (κ3) is 3.92. The molecule has 1 heterocycles. The number of rotatable bonds is 5. The lowest BCUT2D eigenvalue weighted by Crippen LogP contribution is -2.32. The second-order valence-electron chi connectivity index (χ2n) is 4.88. The predicted octanol–water partition coefficient (Wildman–Crippen LogP) is 2.32. The Hall–Kier alpha value is -0.680. The van der Waals surface area contributed by atoms with Crippen LogP contribution < -0.4 is 10.9 Å². The Labute approximate surface area is 116 Å². The van der Waals surface area contributed by atoms with Crippen molar-refractivity contribution in [1.29, 1.82) is 0 Å². The minimum Gasteiger partial charge on any atom is -0.314 e. The zero-order valence-electron chi connectivity index (χ0n) is 10.6. The molecule has 18 heavy (non-hydrogen) atoms. The molecule has 1 aliphatic carbocycles. The summed E-state index contributed by atoms with van der Waals surface area (Å²) in [5, 5.41) is 3.58. The highest BCUT2D eigenvalue weighted by Crippen LogP contribution is 2.17. The molecule has 1 saturated carbocycles. The molecule has 0 amide bonds. The summed E-state index contributed by atoms with van der Waals surface area (Å²) in [4.78, 5) is 15.7. The van der Waals surface area contributed by atoms with Crippen molar-refractivity contribution >= 4 is 15.9 Å². The predicted molar refractivity (Wildman–Crippen MR) is 75.7 cm³/mol. The van der Waals surface area contributed by atoms with Gasteiger partial charge >= 0.3 is 0 Å². The van der Waals surface area contributed by atoms with E-state index in [9.17, 15) is 4.79 Å². The van der Waals surface area contributed by atoms with Crippen LogP contribution >= 0.6 is 15.9 Å². The lowest BCUT2D eigenvalue weighted by molar-refractivity contribution is 0.368. The molecule has 0 saturated heterocycles. The summed E-state index contributed by atoms with van der Waals surface area (Å²) in [6, 6.07) is 0.691. The van der Waals surface area contributed by atoms with Crippen LogP contribution in [-0.4, -0.2) is 22.1 Å². The van der Waals surface area contributed by atoms with E-state index in [0.717, 1.165) is 19.5 Å². The standard InChI is InChI=1S/C13H20BrN3O/c14-12-9-15-10-17(13(12)18)8-4-7-16-11-5-2-1-3-6-11/h9-11,16H,1-8H2. The smallest absolute Gasteiger partial charge is 0.267 e. The summed E-state index contributed by atoms with van der Waals surface area (Å²) in [5.41, 5.74) is 0.00247. The highest BCUT2D eigenvalue weighted by Gasteiger charge is 2.11. The average molecular weight is 314 g/mol. The fourth-order valence-electron chi connectivity index (χ4n) is 2.45. The Morgan fingerprint density at radius 3 is 2.94 bits per heavy atom. The molecule has 0 bridgehead atoms. The highest BCUT2D eigenvalue weighted by atomic mass is 79.9. The van der Waals surface area contributed by atoms with E-state index in [1.54, 1.807) is 17.1 Å². The van der Waals surface area contributed by atoms with Gasteiger partial charge in [0.25, 0.3) is 5.56 Å². The SMILES string of the molecule is O=c1c(Br)cncn1CCCNC1CCCCC1. The maximum atomic E-state index is 11.7. The van der Waals surface area contributed by atoms with Crippen LogP contribution in [0.2, 0.25) is 0 Å². The van der Waals surface area contributed by atoms with Gasteiger partial charge < -0.3 is 5.32 Å². The lowest BCUT2D eigenvalue weighted by atomic mass is 9.95. The first-order valence-electron chi connectivity index (χ1n) is 6.70. The van der Waals surface area contributed by atoms with Gasteiger partial charge in [0.2, 0.25) is 0 Å². The van der Waals surface area contributed by atoms with Crippen LogP contribution in [0.1, 0.15) is 38.5 Å². The molecule has 0 aromatic carbocycles. The first-order chi connectivity index (χ1) is 8.77. The highest BCUT2D eigenvalue weighted by molar-refractivity contribution is 9.10. The number of hydrogen-bond donors (Lipinski definition) is 1. The fourth-order valence-corrected chi connectivity index (χ4v) is 2.79. The van der Waals surface area contributed by atoms with Crippen LogP contribution in [-0.2, 0) is 6.54 Å². The minimum absolute atomic E-state index is 0.00247. The van der Waals surface area contributed by atoms with Gasteiger partial charge in [-0.2, -0.15) is 0 Å². The molecule has 5 heteroatoms. The second-order valence-corrected chi connectivity index (χ2v) is 5.74. The molecule has 0 unspecified atom stereocenters. The van der Waals surface area contributed by atoms with Crippen molar-refractivity contribution in [1.82, 2.24) is 14.9 Å². The van der Waals surface area contributed by atoms with Gasteiger partial charge in [0.05, 0.1) is 6.33 Å². The van der Waals surface area contributed by atoms with Crippen LogP contribution in [0.5, 0.6) is 0 Å². The first-order valence-corrected chi connectivity index (χ1v) is 7.50. The topological polar surface area (TPSA) is 46.9 Å². The van der Waals surface area contributed by atoms with E-state index in [2.05, 4.69) is 26.2 Å². The molecule has 2 rings (SSSR count). The molecular weight excluding hydrogens is 294 g/mol. The molecule has 0 spiro atoms. The number of nitrogens with zero attached hydrogens (tertiary/aromatic N) is 2. The Balaban J connectivity index is 1.71. The Morgan fingerprint density at radius 2 is 2.17 bits per heavy atom. The fraction of sp³-hybridized carbons (Fsp3) is 0.692. The molecule has 1 aromatic heterocycles. The molecule has 0 atom stereocenters. The summed E-state index contributed by atoms with van der Waals surface area (Å²) >= 11 is 3.21. The minimum atomic E-state index is 0.00247. The maximum absolute atomic E-state index is 11.7. The number of hydrogen-bond acceptors (Lipinski definition) is 3. The summed E-state index contributed by atoms with van der Waals surface area (Å²) in [7, 11) is 0. The lowest BCUT2D eigenvalue weighted by Gasteiger charge is -2.22. The van der Waals surface area contributed by atoms with Crippen LogP contribution in [0.15, 0.2) is 21.8 Å². The van der Waals surface area contributed by atoms with Crippen LogP contribution in [0.3, 0.4) is 0 Å². The largest absolute Gasteiger partial charge is 0.314 e. The molecule has 0 aliphatic heterocycles. The molecule has 1 fully saturated rings. The molecular formula is C13H20BrN3O. The summed E-state index contributed by atoms with van der Waals surface area (Å²) in [6.07, 6.45) is 10.8. The molecule has 1 N–H and O–H groups in total. The Bertz CT molecular complexity index is 426. The number of aryl methyl sites for hydroxylation is 1. The molecule has 4 nitrogen and oxygen atoms in total. The second kappa shape index (κ2) is 7.04. The number of halogens is 1. The van der Waals surface area contributed by atoms with Gasteiger partial charge in [-0.05, 0) is 41.7 Å². The quantitative estimate of drug-likeness (QED) is 0.849. The summed E-state index contributed by atoms with van der Waals surface area (Å²) < 4.78 is 2.19.